The molecule has 4 rings (SSSR count). The second-order valence-corrected chi connectivity index (χ2v) is 6.85. The maximum Gasteiger partial charge on any atom is 0.314 e. The summed E-state index contributed by atoms with van der Waals surface area (Å²) in [6.07, 6.45) is 0.844. The third kappa shape index (κ3) is 2.57. The lowest BCUT2D eigenvalue weighted by molar-refractivity contribution is -0.149. The van der Waals surface area contributed by atoms with Crippen molar-refractivity contribution in [2.75, 3.05) is 31.2 Å². The Morgan fingerprint density at radius 3 is 2.84 bits per heavy atom. The maximum absolute atomic E-state index is 11.8. The number of hydrogen-bond acceptors (Lipinski definition) is 5. The Morgan fingerprint density at radius 1 is 1.36 bits per heavy atom. The second-order valence-electron chi connectivity index (χ2n) is 6.85. The zero-order valence-electron chi connectivity index (χ0n) is 14.2. The highest BCUT2D eigenvalue weighted by Gasteiger charge is 2.56. The van der Waals surface area contributed by atoms with E-state index in [2.05, 4.69) is 17.1 Å². The molecule has 0 radical (unpaired) electrons. The zero-order valence-corrected chi connectivity index (χ0v) is 14.2. The average Bonchev–Trinajstić information content (AvgIpc) is 3.20. The largest absolute Gasteiger partial charge is 0.481 e. The molecule has 3 heterocycles. The molecule has 2 aliphatic rings. The molecule has 0 aliphatic carbocycles. The van der Waals surface area contributed by atoms with Crippen LogP contribution in [-0.4, -0.2) is 47.6 Å². The molecular formula is C19H21N3O3. The van der Waals surface area contributed by atoms with E-state index in [0.717, 1.165) is 29.1 Å². The van der Waals surface area contributed by atoms with Crippen molar-refractivity contribution in [1.82, 2.24) is 10.2 Å². The van der Waals surface area contributed by atoms with Crippen molar-refractivity contribution in [3.05, 3.63) is 42.0 Å². The first-order valence-electron chi connectivity index (χ1n) is 8.62. The molecule has 2 saturated heterocycles. The number of benzene rings is 1. The third-order valence-electron chi connectivity index (χ3n) is 5.41. The minimum absolute atomic E-state index is 0.00526. The minimum Gasteiger partial charge on any atom is -0.481 e. The van der Waals surface area contributed by atoms with Crippen LogP contribution >= 0.6 is 0 Å². The summed E-state index contributed by atoms with van der Waals surface area (Å²) in [5.41, 5.74) is 2.25. The Balaban J connectivity index is 1.65. The quantitative estimate of drug-likeness (QED) is 0.921. The van der Waals surface area contributed by atoms with E-state index in [-0.39, 0.29) is 12.5 Å². The molecule has 0 saturated carbocycles. The van der Waals surface area contributed by atoms with Crippen LogP contribution in [-0.2, 0) is 16.0 Å². The normalized spacial score (nSPS) is 25.2. The summed E-state index contributed by atoms with van der Waals surface area (Å²) in [6.45, 7) is 3.95. The van der Waals surface area contributed by atoms with Gasteiger partial charge in [-0.2, -0.15) is 0 Å². The molecule has 6 nitrogen and oxygen atoms in total. The molecule has 1 N–H and O–H groups in total. The number of aromatic nitrogens is 2. The predicted octanol–water partition coefficient (Wildman–Crippen LogP) is 2.24. The Morgan fingerprint density at radius 2 is 2.16 bits per heavy atom. The van der Waals surface area contributed by atoms with E-state index in [0.29, 0.717) is 19.7 Å². The molecule has 2 atom stereocenters. The Labute approximate surface area is 146 Å². The number of aliphatic carboxylic acids is 1. The van der Waals surface area contributed by atoms with Gasteiger partial charge in [0.1, 0.15) is 5.41 Å². The van der Waals surface area contributed by atoms with Gasteiger partial charge < -0.3 is 14.7 Å². The van der Waals surface area contributed by atoms with E-state index in [9.17, 15) is 9.90 Å². The topological polar surface area (TPSA) is 75.5 Å². The molecule has 1 aromatic carbocycles. The van der Waals surface area contributed by atoms with Gasteiger partial charge in [0.2, 0.25) is 0 Å². The molecule has 6 heteroatoms. The van der Waals surface area contributed by atoms with Crippen molar-refractivity contribution >= 4 is 11.8 Å². The summed E-state index contributed by atoms with van der Waals surface area (Å²) < 4.78 is 5.44. The van der Waals surface area contributed by atoms with Crippen molar-refractivity contribution in [3.8, 4) is 11.3 Å². The number of carboxylic acids is 1. The van der Waals surface area contributed by atoms with Gasteiger partial charge in [0, 0.05) is 24.6 Å². The number of ether oxygens (including phenoxy) is 1. The van der Waals surface area contributed by atoms with Gasteiger partial charge in [-0.25, -0.2) is 0 Å². The average molecular weight is 339 g/mol. The van der Waals surface area contributed by atoms with Crippen molar-refractivity contribution in [3.63, 3.8) is 0 Å². The highest BCUT2D eigenvalue weighted by atomic mass is 16.5. The summed E-state index contributed by atoms with van der Waals surface area (Å²) in [7, 11) is 0. The molecule has 0 amide bonds. The van der Waals surface area contributed by atoms with E-state index < -0.39 is 11.4 Å². The van der Waals surface area contributed by atoms with Crippen molar-refractivity contribution in [2.45, 2.75) is 13.3 Å². The first kappa shape index (κ1) is 16.0. The van der Waals surface area contributed by atoms with Crippen LogP contribution in [0.15, 0.2) is 36.4 Å². The molecule has 0 spiro atoms. The van der Waals surface area contributed by atoms with Gasteiger partial charge in [-0.15, -0.1) is 10.2 Å². The number of carboxylic acid groups (broad SMARTS) is 1. The van der Waals surface area contributed by atoms with Crippen LogP contribution in [0.2, 0.25) is 0 Å². The molecule has 1 aromatic heterocycles. The number of anilines is 1. The Kier molecular flexibility index (Phi) is 3.92. The molecule has 130 valence electrons. The number of aryl methyl sites for hydroxylation is 1. The number of fused-ring (bicyclic) bond motifs is 1. The molecule has 2 aliphatic heterocycles. The molecular weight excluding hydrogens is 318 g/mol. The van der Waals surface area contributed by atoms with Crippen LogP contribution in [0.5, 0.6) is 0 Å². The van der Waals surface area contributed by atoms with Crippen LogP contribution in [0.4, 0.5) is 5.82 Å². The van der Waals surface area contributed by atoms with Crippen LogP contribution in [0.3, 0.4) is 0 Å². The van der Waals surface area contributed by atoms with E-state index in [4.69, 9.17) is 4.74 Å². The van der Waals surface area contributed by atoms with Crippen LogP contribution in [0.25, 0.3) is 11.3 Å². The van der Waals surface area contributed by atoms with E-state index in [1.54, 1.807) is 0 Å². The molecule has 0 unspecified atom stereocenters. The van der Waals surface area contributed by atoms with Crippen LogP contribution in [0, 0.1) is 11.3 Å². The monoisotopic (exact) mass is 339 g/mol. The number of nitrogens with zero attached hydrogens (tertiary/aromatic N) is 3. The molecule has 25 heavy (non-hydrogen) atoms. The summed E-state index contributed by atoms with van der Waals surface area (Å²) in [5.74, 6) is -0.0145. The summed E-state index contributed by atoms with van der Waals surface area (Å²) >= 11 is 0. The van der Waals surface area contributed by atoms with Crippen LogP contribution in [0.1, 0.15) is 12.5 Å². The minimum atomic E-state index is -0.813. The Bertz CT molecular complexity index is 796. The summed E-state index contributed by atoms with van der Waals surface area (Å²) in [4.78, 5) is 13.8. The maximum atomic E-state index is 11.8. The fourth-order valence-corrected chi connectivity index (χ4v) is 3.89. The van der Waals surface area contributed by atoms with E-state index in [1.807, 2.05) is 41.3 Å². The fraction of sp³-hybridized carbons (Fsp3) is 0.421. The van der Waals surface area contributed by atoms with Crippen molar-refractivity contribution < 1.29 is 14.6 Å². The molecule has 0 bridgehead atoms. The summed E-state index contributed by atoms with van der Waals surface area (Å²) in [6, 6.07) is 12.1. The lowest BCUT2D eigenvalue weighted by Gasteiger charge is -2.22. The van der Waals surface area contributed by atoms with Crippen LogP contribution < -0.4 is 4.90 Å². The van der Waals surface area contributed by atoms with Crippen molar-refractivity contribution in [1.29, 1.82) is 0 Å². The first-order chi connectivity index (χ1) is 12.1. The SMILES string of the molecule is CCc1cc(N2C[C@@H]3COC[C@]3(C(=O)O)C2)nnc1-c1ccccc1. The van der Waals surface area contributed by atoms with Gasteiger partial charge in [-0.1, -0.05) is 37.3 Å². The van der Waals surface area contributed by atoms with Gasteiger partial charge in [-0.05, 0) is 18.1 Å². The van der Waals surface area contributed by atoms with Crippen molar-refractivity contribution in [2.24, 2.45) is 11.3 Å². The van der Waals surface area contributed by atoms with Gasteiger partial charge in [0.15, 0.2) is 5.82 Å². The predicted molar refractivity (Wildman–Crippen MR) is 93.4 cm³/mol. The van der Waals surface area contributed by atoms with Gasteiger partial charge in [0.05, 0.1) is 18.9 Å². The van der Waals surface area contributed by atoms with E-state index in [1.165, 1.54) is 0 Å². The van der Waals surface area contributed by atoms with Gasteiger partial charge in [-0.3, -0.25) is 4.79 Å². The van der Waals surface area contributed by atoms with Gasteiger partial charge in [0.25, 0.3) is 0 Å². The second kappa shape index (κ2) is 6.11. The molecule has 2 fully saturated rings. The number of hydrogen-bond donors (Lipinski definition) is 1. The first-order valence-corrected chi connectivity index (χ1v) is 8.62. The standard InChI is InChI=1S/C19H21N3O3/c1-2-13-8-16(20-21-17(13)14-6-4-3-5-7-14)22-9-15-10-25-12-19(15,11-22)18(23)24/h3-8,15H,2,9-12H2,1H3,(H,23,24)/t15-,19-/m1/s1. The molecule has 2 aromatic rings. The highest BCUT2D eigenvalue weighted by Crippen LogP contribution is 2.43. The highest BCUT2D eigenvalue weighted by molar-refractivity contribution is 5.78. The summed E-state index contributed by atoms with van der Waals surface area (Å²) in [5, 5.41) is 18.6. The Hall–Kier alpha value is -2.47. The van der Waals surface area contributed by atoms with E-state index >= 15 is 0 Å². The lowest BCUT2D eigenvalue weighted by Crippen LogP contribution is -2.39. The zero-order chi connectivity index (χ0) is 17.4. The smallest absolute Gasteiger partial charge is 0.314 e. The number of rotatable bonds is 4. The fourth-order valence-electron chi connectivity index (χ4n) is 3.89. The number of carbonyl (C=O) groups is 1. The lowest BCUT2D eigenvalue weighted by atomic mass is 9.81. The van der Waals surface area contributed by atoms with Gasteiger partial charge >= 0.3 is 5.97 Å². The third-order valence-corrected chi connectivity index (χ3v) is 5.41.